The SMILES string of the molecule is C=CCN(CC(=O)N(Cc1ccccc1)Cc1ccc(C)s1)S(=O)(=O)CC12CCC(CC1=O)C2(C)C. The first-order valence-corrected chi connectivity index (χ1v) is 14.9. The molecule has 2 saturated carbocycles. The Morgan fingerprint density at radius 2 is 1.89 bits per heavy atom. The highest BCUT2D eigenvalue weighted by Crippen LogP contribution is 2.64. The van der Waals surface area contributed by atoms with E-state index in [0.717, 1.165) is 21.7 Å². The second kappa shape index (κ2) is 10.2. The summed E-state index contributed by atoms with van der Waals surface area (Å²) in [5.41, 5.74) is -0.263. The molecule has 0 aliphatic heterocycles. The van der Waals surface area contributed by atoms with E-state index in [1.54, 1.807) is 16.2 Å². The van der Waals surface area contributed by atoms with Crippen LogP contribution >= 0.6 is 11.3 Å². The molecule has 2 aromatic rings. The highest BCUT2D eigenvalue weighted by atomic mass is 32.2. The van der Waals surface area contributed by atoms with Gasteiger partial charge in [-0.3, -0.25) is 9.59 Å². The fourth-order valence-corrected chi connectivity index (χ4v) is 9.00. The van der Waals surface area contributed by atoms with Crippen LogP contribution in [0.15, 0.2) is 55.1 Å². The third kappa shape index (κ3) is 5.08. The van der Waals surface area contributed by atoms with Crippen molar-refractivity contribution in [2.24, 2.45) is 16.7 Å². The summed E-state index contributed by atoms with van der Waals surface area (Å²) in [7, 11) is -3.89. The van der Waals surface area contributed by atoms with Crippen molar-refractivity contribution in [2.45, 2.75) is 53.1 Å². The Labute approximate surface area is 219 Å². The van der Waals surface area contributed by atoms with Gasteiger partial charge in [-0.05, 0) is 48.8 Å². The Bertz CT molecular complexity index is 1240. The van der Waals surface area contributed by atoms with E-state index in [4.69, 9.17) is 0 Å². The lowest BCUT2D eigenvalue weighted by Gasteiger charge is -2.37. The van der Waals surface area contributed by atoms with Crippen molar-refractivity contribution in [1.29, 1.82) is 0 Å². The molecule has 8 heteroatoms. The van der Waals surface area contributed by atoms with E-state index in [1.165, 1.54) is 10.4 Å². The second-order valence-corrected chi connectivity index (χ2v) is 14.1. The normalized spacial score (nSPS) is 22.8. The lowest BCUT2D eigenvalue weighted by Crippen LogP contribution is -2.49. The second-order valence-electron chi connectivity index (χ2n) is 10.8. The molecule has 4 rings (SSSR count). The third-order valence-corrected chi connectivity index (χ3v) is 11.2. The van der Waals surface area contributed by atoms with Crippen LogP contribution in [0.2, 0.25) is 0 Å². The van der Waals surface area contributed by atoms with Crippen molar-refractivity contribution in [3.05, 3.63) is 70.4 Å². The zero-order chi connectivity index (χ0) is 26.1. The van der Waals surface area contributed by atoms with Gasteiger partial charge in [-0.25, -0.2) is 8.42 Å². The molecule has 6 nitrogen and oxygen atoms in total. The van der Waals surface area contributed by atoms with Crippen molar-refractivity contribution >= 4 is 33.1 Å². The largest absolute Gasteiger partial charge is 0.332 e. The number of ketones is 1. The minimum Gasteiger partial charge on any atom is -0.332 e. The minimum absolute atomic E-state index is 0.0273. The highest BCUT2D eigenvalue weighted by Gasteiger charge is 2.65. The average molecular weight is 529 g/mol. The Morgan fingerprint density at radius 1 is 1.17 bits per heavy atom. The zero-order valence-corrected chi connectivity index (χ0v) is 23.0. The molecular weight excluding hydrogens is 492 g/mol. The van der Waals surface area contributed by atoms with Crippen molar-refractivity contribution in [2.75, 3.05) is 18.8 Å². The number of aryl methyl sites for hydroxylation is 1. The van der Waals surface area contributed by atoms with E-state index in [9.17, 15) is 18.0 Å². The standard InChI is InChI=1S/C28H36N2O4S2/c1-5-15-30(36(33,34)20-28-14-13-23(16-25(28)31)27(28,3)4)19-26(32)29(17-22-9-7-6-8-10-22)18-24-12-11-21(2)35-24/h5-12,23H,1,13-20H2,2-4H3. The van der Waals surface area contributed by atoms with Gasteiger partial charge in [0.2, 0.25) is 15.9 Å². The summed E-state index contributed by atoms with van der Waals surface area (Å²) in [4.78, 5) is 30.5. The summed E-state index contributed by atoms with van der Waals surface area (Å²) < 4.78 is 28.7. The predicted molar refractivity (Wildman–Crippen MR) is 144 cm³/mol. The monoisotopic (exact) mass is 528 g/mol. The van der Waals surface area contributed by atoms with Crippen LogP contribution in [0.5, 0.6) is 0 Å². The Morgan fingerprint density at radius 3 is 2.44 bits per heavy atom. The molecule has 36 heavy (non-hydrogen) atoms. The molecule has 2 unspecified atom stereocenters. The smallest absolute Gasteiger partial charge is 0.238 e. The number of carbonyl (C=O) groups excluding carboxylic acids is 2. The number of sulfonamides is 1. The van der Waals surface area contributed by atoms with Crippen LogP contribution in [0.3, 0.4) is 0 Å². The van der Waals surface area contributed by atoms with Gasteiger partial charge >= 0.3 is 0 Å². The number of carbonyl (C=O) groups is 2. The Hall–Kier alpha value is -2.29. The average Bonchev–Trinajstić information content (AvgIpc) is 3.39. The van der Waals surface area contributed by atoms with Gasteiger partial charge in [-0.15, -0.1) is 17.9 Å². The van der Waals surface area contributed by atoms with Crippen LogP contribution in [0.4, 0.5) is 0 Å². The fraction of sp³-hybridized carbons (Fsp3) is 0.500. The van der Waals surface area contributed by atoms with Crippen LogP contribution in [0.1, 0.15) is 48.4 Å². The zero-order valence-electron chi connectivity index (χ0n) is 21.4. The molecule has 0 radical (unpaired) electrons. The number of thiophene rings is 1. The first-order chi connectivity index (χ1) is 17.0. The van der Waals surface area contributed by atoms with Gasteiger partial charge in [-0.2, -0.15) is 4.31 Å². The molecule has 2 bridgehead atoms. The maximum atomic E-state index is 13.7. The first-order valence-electron chi connectivity index (χ1n) is 12.5. The lowest BCUT2D eigenvalue weighted by atomic mass is 9.70. The first kappa shape index (κ1) is 26.8. The van der Waals surface area contributed by atoms with Gasteiger partial charge < -0.3 is 4.90 Å². The molecule has 2 aliphatic rings. The molecule has 1 heterocycles. The molecule has 1 aromatic carbocycles. The molecule has 1 amide bonds. The number of benzene rings is 1. The summed E-state index contributed by atoms with van der Waals surface area (Å²) in [5, 5.41) is 0. The van der Waals surface area contributed by atoms with E-state index in [2.05, 4.69) is 6.58 Å². The van der Waals surface area contributed by atoms with Gasteiger partial charge in [0.1, 0.15) is 5.78 Å². The molecule has 194 valence electrons. The Kier molecular flexibility index (Phi) is 7.60. The van der Waals surface area contributed by atoms with E-state index < -0.39 is 15.4 Å². The maximum Gasteiger partial charge on any atom is 0.238 e. The fourth-order valence-electron chi connectivity index (χ4n) is 5.98. The summed E-state index contributed by atoms with van der Waals surface area (Å²) >= 11 is 1.63. The number of amides is 1. The lowest BCUT2D eigenvalue weighted by molar-refractivity contribution is -0.132. The summed E-state index contributed by atoms with van der Waals surface area (Å²) in [6, 6.07) is 13.7. The number of hydrogen-bond donors (Lipinski definition) is 0. The molecule has 2 fully saturated rings. The molecule has 2 aliphatic carbocycles. The quantitative estimate of drug-likeness (QED) is 0.393. The molecule has 1 aromatic heterocycles. The van der Waals surface area contributed by atoms with Crippen LogP contribution in [-0.4, -0.2) is 48.2 Å². The van der Waals surface area contributed by atoms with Crippen molar-refractivity contribution in [3.63, 3.8) is 0 Å². The van der Waals surface area contributed by atoms with E-state index in [1.807, 2.05) is 63.2 Å². The summed E-state index contributed by atoms with van der Waals surface area (Å²) in [6.45, 7) is 10.3. The number of rotatable bonds is 11. The summed E-state index contributed by atoms with van der Waals surface area (Å²) in [5.74, 6) is -0.234. The minimum atomic E-state index is -3.89. The van der Waals surface area contributed by atoms with Gasteiger partial charge in [0.25, 0.3) is 0 Å². The van der Waals surface area contributed by atoms with Crippen molar-refractivity contribution in [1.82, 2.24) is 9.21 Å². The number of hydrogen-bond acceptors (Lipinski definition) is 5. The molecule has 0 spiro atoms. The number of fused-ring (bicyclic) bond motifs is 2. The van der Waals surface area contributed by atoms with Crippen molar-refractivity contribution in [3.8, 4) is 0 Å². The third-order valence-electron chi connectivity index (χ3n) is 8.32. The van der Waals surface area contributed by atoms with Crippen LogP contribution in [-0.2, 0) is 32.7 Å². The van der Waals surface area contributed by atoms with Crippen LogP contribution < -0.4 is 0 Å². The van der Waals surface area contributed by atoms with Gasteiger partial charge in [0.05, 0.1) is 18.8 Å². The summed E-state index contributed by atoms with van der Waals surface area (Å²) in [6.07, 6.45) is 3.43. The van der Waals surface area contributed by atoms with E-state index in [0.29, 0.717) is 25.9 Å². The number of Topliss-reactive ketones (excluding diaryl/α,β-unsaturated/α-hetero) is 1. The van der Waals surface area contributed by atoms with Gasteiger partial charge in [0.15, 0.2) is 0 Å². The van der Waals surface area contributed by atoms with Gasteiger partial charge in [-0.1, -0.05) is 50.3 Å². The number of nitrogens with zero attached hydrogens (tertiary/aromatic N) is 2. The maximum absolute atomic E-state index is 13.7. The topological polar surface area (TPSA) is 74.8 Å². The van der Waals surface area contributed by atoms with E-state index in [-0.39, 0.29) is 41.9 Å². The highest BCUT2D eigenvalue weighted by molar-refractivity contribution is 7.89. The Balaban J connectivity index is 1.56. The molecular formula is C28H36N2O4S2. The van der Waals surface area contributed by atoms with Crippen LogP contribution in [0, 0.1) is 23.7 Å². The molecule has 0 saturated heterocycles. The van der Waals surface area contributed by atoms with Gasteiger partial charge in [0, 0.05) is 34.7 Å². The van der Waals surface area contributed by atoms with E-state index >= 15 is 0 Å². The van der Waals surface area contributed by atoms with Crippen molar-refractivity contribution < 1.29 is 18.0 Å². The van der Waals surface area contributed by atoms with Crippen LogP contribution in [0.25, 0.3) is 0 Å². The molecule has 0 N–H and O–H groups in total. The predicted octanol–water partition coefficient (Wildman–Crippen LogP) is 4.80. The molecule has 2 atom stereocenters.